The van der Waals surface area contributed by atoms with Gasteiger partial charge in [0.25, 0.3) is 0 Å². The van der Waals surface area contributed by atoms with Crippen LogP contribution in [0.5, 0.6) is 11.5 Å². The van der Waals surface area contributed by atoms with Crippen molar-refractivity contribution in [2.75, 3.05) is 19.8 Å². The van der Waals surface area contributed by atoms with Gasteiger partial charge in [-0.05, 0) is 47.5 Å². The first-order valence-corrected chi connectivity index (χ1v) is 13.7. The molecule has 244 valence electrons. The Labute approximate surface area is 256 Å². The van der Waals surface area contributed by atoms with Crippen LogP contribution in [0.3, 0.4) is 0 Å². The Morgan fingerprint density at radius 2 is 1.20 bits per heavy atom. The molecule has 2 fully saturated rings. The smallest absolute Gasteiger partial charge is 0.330 e. The summed E-state index contributed by atoms with van der Waals surface area (Å²) in [7, 11) is 0. The van der Waals surface area contributed by atoms with Gasteiger partial charge in [0.05, 0.1) is 0 Å². The third-order valence-corrected chi connectivity index (χ3v) is 7.10. The Kier molecular flexibility index (Phi) is 11.3. The SMILES string of the molecule is O=C(/C=C/c1ccc(O)cc1)OC[C@H]1O[C@@](CO)(O[C@H]2O[C@H](COC(=O)/C=C/c3ccc(O)cc3)[C@@H](O)[C@H](O)[C@H]2O)[C@@H](O)[C@@H]1O. The van der Waals surface area contributed by atoms with Gasteiger partial charge in [0.1, 0.15) is 74.0 Å². The van der Waals surface area contributed by atoms with E-state index in [-0.39, 0.29) is 11.5 Å². The zero-order valence-electron chi connectivity index (χ0n) is 23.6. The van der Waals surface area contributed by atoms with E-state index in [4.69, 9.17) is 23.7 Å². The third kappa shape index (κ3) is 8.43. The van der Waals surface area contributed by atoms with E-state index in [2.05, 4.69) is 0 Å². The van der Waals surface area contributed by atoms with Gasteiger partial charge in [0.2, 0.25) is 5.79 Å². The summed E-state index contributed by atoms with van der Waals surface area (Å²) in [6.45, 7) is -2.30. The highest BCUT2D eigenvalue weighted by Crippen LogP contribution is 2.36. The van der Waals surface area contributed by atoms with Crippen molar-refractivity contribution in [2.24, 2.45) is 0 Å². The van der Waals surface area contributed by atoms with Crippen LogP contribution >= 0.6 is 0 Å². The fourth-order valence-electron chi connectivity index (χ4n) is 4.53. The molecule has 0 bridgehead atoms. The van der Waals surface area contributed by atoms with Gasteiger partial charge in [-0.1, -0.05) is 24.3 Å². The fraction of sp³-hybridized carbons (Fsp3) is 0.400. The quantitative estimate of drug-likeness (QED) is 0.104. The minimum absolute atomic E-state index is 0.0401. The minimum atomic E-state index is -2.43. The molecule has 15 heteroatoms. The molecule has 2 aliphatic rings. The second-order valence-electron chi connectivity index (χ2n) is 10.3. The van der Waals surface area contributed by atoms with Crippen molar-refractivity contribution in [2.45, 2.75) is 54.8 Å². The van der Waals surface area contributed by atoms with Crippen LogP contribution in [0.2, 0.25) is 0 Å². The molecule has 0 radical (unpaired) electrons. The Balaban J connectivity index is 1.35. The van der Waals surface area contributed by atoms with E-state index in [1.807, 2.05) is 0 Å². The molecule has 4 rings (SSSR count). The molecule has 2 aromatic carbocycles. The highest BCUT2D eigenvalue weighted by Gasteiger charge is 2.58. The number of hydrogen-bond donors (Lipinski definition) is 8. The number of esters is 2. The van der Waals surface area contributed by atoms with Gasteiger partial charge in [-0.15, -0.1) is 0 Å². The molecule has 0 aromatic heterocycles. The van der Waals surface area contributed by atoms with Gasteiger partial charge >= 0.3 is 11.9 Å². The molecule has 15 nitrogen and oxygen atoms in total. The lowest BCUT2D eigenvalue weighted by Gasteiger charge is -2.43. The summed E-state index contributed by atoms with van der Waals surface area (Å²) < 4.78 is 26.7. The van der Waals surface area contributed by atoms with E-state index in [1.165, 1.54) is 36.4 Å². The monoisotopic (exact) mass is 634 g/mol. The fourth-order valence-corrected chi connectivity index (χ4v) is 4.53. The standard InChI is InChI=1S/C30H34O15/c31-15-30(28(40)25(37)21(44-30)14-42-23(35)12-6-17-3-9-19(33)10-4-17)45-29-27(39)26(38)24(36)20(43-29)13-41-22(34)11-5-16-1-7-18(32)8-2-16/h1-12,20-21,24-29,31-33,36-40H,13-15H2/b11-5+,12-6+/t20-,21-,24-,25-,26+,27-,28+,29-,30+/m1/s1. The molecule has 2 saturated heterocycles. The number of aromatic hydroxyl groups is 2. The van der Waals surface area contributed by atoms with Crippen molar-refractivity contribution in [3.05, 3.63) is 71.8 Å². The van der Waals surface area contributed by atoms with Crippen molar-refractivity contribution >= 4 is 24.1 Å². The van der Waals surface area contributed by atoms with Crippen LogP contribution in [-0.2, 0) is 33.3 Å². The van der Waals surface area contributed by atoms with Crippen LogP contribution in [0.1, 0.15) is 11.1 Å². The molecule has 0 spiro atoms. The van der Waals surface area contributed by atoms with Crippen LogP contribution < -0.4 is 0 Å². The zero-order chi connectivity index (χ0) is 32.7. The average molecular weight is 635 g/mol. The van der Waals surface area contributed by atoms with E-state index >= 15 is 0 Å². The first-order chi connectivity index (χ1) is 21.4. The number of aliphatic hydroxyl groups is 6. The molecule has 8 N–H and O–H groups in total. The van der Waals surface area contributed by atoms with Gasteiger partial charge in [0, 0.05) is 12.2 Å². The third-order valence-electron chi connectivity index (χ3n) is 7.10. The topological polar surface area (TPSA) is 242 Å². The number of carbonyl (C=O) groups excluding carboxylic acids is 2. The average Bonchev–Trinajstić information content (AvgIpc) is 3.27. The maximum absolute atomic E-state index is 12.2. The van der Waals surface area contributed by atoms with E-state index in [9.17, 15) is 50.4 Å². The number of phenolic OH excluding ortho intramolecular Hbond substituents is 2. The summed E-state index contributed by atoms with van der Waals surface area (Å²) >= 11 is 0. The van der Waals surface area contributed by atoms with Crippen molar-refractivity contribution in [1.29, 1.82) is 0 Å². The van der Waals surface area contributed by atoms with E-state index < -0.39 is 86.6 Å². The minimum Gasteiger partial charge on any atom is -0.508 e. The van der Waals surface area contributed by atoms with Crippen molar-refractivity contribution in [1.82, 2.24) is 0 Å². The highest BCUT2D eigenvalue weighted by atomic mass is 16.8. The van der Waals surface area contributed by atoms with Crippen molar-refractivity contribution in [3.8, 4) is 11.5 Å². The van der Waals surface area contributed by atoms with Crippen molar-refractivity contribution in [3.63, 3.8) is 0 Å². The van der Waals surface area contributed by atoms with Crippen LogP contribution in [0.15, 0.2) is 60.7 Å². The summed E-state index contributed by atoms with van der Waals surface area (Å²) in [5.41, 5.74) is 1.16. The zero-order valence-corrected chi connectivity index (χ0v) is 23.6. The summed E-state index contributed by atoms with van der Waals surface area (Å²) in [6, 6.07) is 11.9. The lowest BCUT2D eigenvalue weighted by atomic mass is 9.99. The molecule has 9 atom stereocenters. The Morgan fingerprint density at radius 1 is 0.711 bits per heavy atom. The van der Waals surface area contributed by atoms with Crippen LogP contribution in [0, 0.1) is 0 Å². The number of carbonyl (C=O) groups is 2. The number of benzene rings is 2. The van der Waals surface area contributed by atoms with Gasteiger partial charge in [-0.2, -0.15) is 0 Å². The molecule has 2 aliphatic heterocycles. The number of phenols is 2. The number of hydrogen-bond acceptors (Lipinski definition) is 15. The molecule has 0 unspecified atom stereocenters. The van der Waals surface area contributed by atoms with E-state index in [1.54, 1.807) is 24.3 Å². The molecule has 0 amide bonds. The van der Waals surface area contributed by atoms with Crippen LogP contribution in [0.4, 0.5) is 0 Å². The molecule has 2 heterocycles. The second-order valence-corrected chi connectivity index (χ2v) is 10.3. The largest absolute Gasteiger partial charge is 0.508 e. The summed E-state index contributed by atoms with van der Waals surface area (Å²) in [5, 5.41) is 81.2. The normalized spacial score (nSPS) is 31.8. The maximum atomic E-state index is 12.2. The van der Waals surface area contributed by atoms with E-state index in [0.29, 0.717) is 11.1 Å². The Bertz CT molecular complexity index is 1340. The van der Waals surface area contributed by atoms with Gasteiger partial charge < -0.3 is 64.5 Å². The van der Waals surface area contributed by atoms with Crippen LogP contribution in [0.25, 0.3) is 12.2 Å². The number of aliphatic hydroxyl groups excluding tert-OH is 6. The molecule has 0 saturated carbocycles. The lowest BCUT2D eigenvalue weighted by molar-refractivity contribution is -0.383. The second kappa shape index (κ2) is 14.9. The first-order valence-electron chi connectivity index (χ1n) is 13.7. The molecule has 0 aliphatic carbocycles. The highest BCUT2D eigenvalue weighted by molar-refractivity contribution is 5.87. The van der Waals surface area contributed by atoms with Crippen LogP contribution in [-0.4, -0.2) is 127 Å². The summed E-state index contributed by atoms with van der Waals surface area (Å²) in [4.78, 5) is 24.3. The predicted octanol–water partition coefficient (Wildman–Crippen LogP) is -1.46. The van der Waals surface area contributed by atoms with Gasteiger partial charge in [0.15, 0.2) is 6.29 Å². The molecular weight excluding hydrogens is 600 g/mol. The lowest BCUT2D eigenvalue weighted by Crippen LogP contribution is -2.62. The molecule has 2 aromatic rings. The maximum Gasteiger partial charge on any atom is 0.330 e. The Hall–Kier alpha value is -3.90. The van der Waals surface area contributed by atoms with Gasteiger partial charge in [-0.25, -0.2) is 9.59 Å². The van der Waals surface area contributed by atoms with Gasteiger partial charge in [-0.3, -0.25) is 0 Å². The number of rotatable bonds is 11. The van der Waals surface area contributed by atoms with Crippen molar-refractivity contribution < 1.29 is 74.1 Å². The first kappa shape index (κ1) is 34.0. The Morgan fingerprint density at radius 3 is 1.69 bits per heavy atom. The number of ether oxygens (including phenoxy) is 5. The molecular formula is C30H34O15. The molecule has 45 heavy (non-hydrogen) atoms. The summed E-state index contributed by atoms with van der Waals surface area (Å²) in [5.74, 6) is -4.04. The summed E-state index contributed by atoms with van der Waals surface area (Å²) in [6.07, 6.45) is -9.07. The predicted molar refractivity (Wildman–Crippen MR) is 151 cm³/mol. The van der Waals surface area contributed by atoms with E-state index in [0.717, 1.165) is 12.2 Å².